The second-order valence-electron chi connectivity index (χ2n) is 7.20. The maximum Gasteiger partial charge on any atom is 0.253 e. The van der Waals surface area contributed by atoms with Crippen molar-refractivity contribution in [1.29, 1.82) is 0 Å². The van der Waals surface area contributed by atoms with Crippen LogP contribution in [-0.4, -0.2) is 81.5 Å². The molecule has 0 bridgehead atoms. The van der Waals surface area contributed by atoms with Crippen molar-refractivity contribution in [3.8, 4) is 0 Å². The SMILES string of the molecule is O=C(NCCCN1CCOCC1)c1cnc(N2CCOCC2)c2ccccc12. The van der Waals surface area contributed by atoms with Gasteiger partial charge in [-0.25, -0.2) is 4.98 Å². The largest absolute Gasteiger partial charge is 0.379 e. The molecule has 2 saturated heterocycles. The molecule has 1 amide bonds. The van der Waals surface area contributed by atoms with E-state index in [1.54, 1.807) is 6.20 Å². The van der Waals surface area contributed by atoms with Gasteiger partial charge in [-0.3, -0.25) is 9.69 Å². The van der Waals surface area contributed by atoms with E-state index in [4.69, 9.17) is 9.47 Å². The second-order valence-corrected chi connectivity index (χ2v) is 7.20. The van der Waals surface area contributed by atoms with Gasteiger partial charge in [0.25, 0.3) is 5.91 Å². The lowest BCUT2D eigenvalue weighted by Crippen LogP contribution is -2.38. The summed E-state index contributed by atoms with van der Waals surface area (Å²) in [7, 11) is 0. The molecule has 1 N–H and O–H groups in total. The number of hydrogen-bond donors (Lipinski definition) is 1. The zero-order valence-corrected chi connectivity index (χ0v) is 16.2. The molecule has 7 nitrogen and oxygen atoms in total. The van der Waals surface area contributed by atoms with E-state index in [1.165, 1.54) is 0 Å². The third-order valence-electron chi connectivity index (χ3n) is 5.37. The van der Waals surface area contributed by atoms with Gasteiger partial charge in [-0.2, -0.15) is 0 Å². The number of nitrogens with zero attached hydrogens (tertiary/aromatic N) is 3. The van der Waals surface area contributed by atoms with Crippen LogP contribution < -0.4 is 10.2 Å². The Morgan fingerprint density at radius 3 is 2.43 bits per heavy atom. The van der Waals surface area contributed by atoms with Crippen molar-refractivity contribution in [3.63, 3.8) is 0 Å². The molecule has 0 saturated carbocycles. The molecule has 2 fully saturated rings. The minimum atomic E-state index is -0.0563. The highest BCUT2D eigenvalue weighted by molar-refractivity contribution is 6.09. The summed E-state index contributed by atoms with van der Waals surface area (Å²) < 4.78 is 10.8. The molecule has 28 heavy (non-hydrogen) atoms. The Morgan fingerprint density at radius 2 is 1.68 bits per heavy atom. The molecule has 3 heterocycles. The number of rotatable bonds is 6. The van der Waals surface area contributed by atoms with Crippen LogP contribution in [0, 0.1) is 0 Å². The summed E-state index contributed by atoms with van der Waals surface area (Å²) in [5, 5.41) is 5.03. The van der Waals surface area contributed by atoms with Gasteiger partial charge in [-0.05, 0) is 18.4 Å². The summed E-state index contributed by atoms with van der Waals surface area (Å²) in [6.07, 6.45) is 2.65. The number of morpholine rings is 2. The summed E-state index contributed by atoms with van der Waals surface area (Å²) in [4.78, 5) is 22.0. The lowest BCUT2D eigenvalue weighted by Gasteiger charge is -2.29. The lowest BCUT2D eigenvalue weighted by molar-refractivity contribution is 0.0374. The van der Waals surface area contributed by atoms with Crippen molar-refractivity contribution in [2.45, 2.75) is 6.42 Å². The van der Waals surface area contributed by atoms with E-state index in [-0.39, 0.29) is 5.91 Å². The Labute approximate surface area is 165 Å². The van der Waals surface area contributed by atoms with Crippen LogP contribution in [0.1, 0.15) is 16.8 Å². The molecule has 1 aromatic carbocycles. The highest BCUT2D eigenvalue weighted by Gasteiger charge is 2.19. The molecule has 2 aromatic rings. The number of benzene rings is 1. The van der Waals surface area contributed by atoms with Crippen molar-refractivity contribution in [1.82, 2.24) is 15.2 Å². The Bertz CT molecular complexity index is 801. The lowest BCUT2D eigenvalue weighted by atomic mass is 10.1. The average molecular weight is 384 g/mol. The van der Waals surface area contributed by atoms with Crippen LogP contribution in [0.25, 0.3) is 10.8 Å². The zero-order chi connectivity index (χ0) is 19.2. The van der Waals surface area contributed by atoms with E-state index in [0.717, 1.165) is 68.9 Å². The number of hydrogen-bond acceptors (Lipinski definition) is 6. The number of carbonyl (C=O) groups is 1. The van der Waals surface area contributed by atoms with E-state index in [2.05, 4.69) is 20.1 Å². The summed E-state index contributed by atoms with van der Waals surface area (Å²) >= 11 is 0. The molecule has 1 aromatic heterocycles. The molecule has 150 valence electrons. The molecule has 4 rings (SSSR count). The van der Waals surface area contributed by atoms with Gasteiger partial charge in [-0.15, -0.1) is 0 Å². The monoisotopic (exact) mass is 384 g/mol. The Hall–Kier alpha value is -2.22. The third-order valence-corrected chi connectivity index (χ3v) is 5.37. The zero-order valence-electron chi connectivity index (χ0n) is 16.2. The summed E-state index contributed by atoms with van der Waals surface area (Å²) in [6, 6.07) is 8.02. The number of aromatic nitrogens is 1. The summed E-state index contributed by atoms with van der Waals surface area (Å²) in [6.45, 7) is 8.28. The molecular weight excluding hydrogens is 356 g/mol. The molecule has 0 radical (unpaired) electrons. The Balaban J connectivity index is 1.42. The first-order valence-corrected chi connectivity index (χ1v) is 10.1. The predicted octanol–water partition coefficient (Wildman–Crippen LogP) is 1.52. The van der Waals surface area contributed by atoms with E-state index in [1.807, 2.05) is 24.3 Å². The average Bonchev–Trinajstić information content (AvgIpc) is 2.77. The number of carbonyl (C=O) groups excluding carboxylic acids is 1. The van der Waals surface area contributed by atoms with E-state index in [0.29, 0.717) is 25.3 Å². The summed E-state index contributed by atoms with van der Waals surface area (Å²) in [5.41, 5.74) is 0.638. The smallest absolute Gasteiger partial charge is 0.253 e. The van der Waals surface area contributed by atoms with E-state index in [9.17, 15) is 4.79 Å². The third kappa shape index (κ3) is 4.43. The first-order valence-electron chi connectivity index (χ1n) is 10.1. The highest BCUT2D eigenvalue weighted by atomic mass is 16.5. The van der Waals surface area contributed by atoms with Crippen molar-refractivity contribution in [3.05, 3.63) is 36.0 Å². The quantitative estimate of drug-likeness (QED) is 0.762. The van der Waals surface area contributed by atoms with Crippen LogP contribution in [-0.2, 0) is 9.47 Å². The van der Waals surface area contributed by atoms with E-state index >= 15 is 0 Å². The standard InChI is InChI=1S/C21H28N4O3/c26-21(22-6-3-7-24-8-12-27-13-9-24)19-16-23-20(25-10-14-28-15-11-25)18-5-2-1-4-17(18)19/h1-2,4-5,16H,3,6-15H2,(H,22,26). The number of ether oxygens (including phenoxy) is 2. The van der Waals surface area contributed by atoms with Gasteiger partial charge in [0.1, 0.15) is 5.82 Å². The second kappa shape index (κ2) is 9.32. The van der Waals surface area contributed by atoms with Gasteiger partial charge < -0.3 is 19.7 Å². The van der Waals surface area contributed by atoms with Gasteiger partial charge in [0.2, 0.25) is 0 Å². The maximum absolute atomic E-state index is 12.8. The molecule has 0 unspecified atom stereocenters. The van der Waals surface area contributed by atoms with Crippen LogP contribution in [0.4, 0.5) is 5.82 Å². The van der Waals surface area contributed by atoms with Gasteiger partial charge >= 0.3 is 0 Å². The fraction of sp³-hybridized carbons (Fsp3) is 0.524. The molecule has 7 heteroatoms. The first kappa shape index (κ1) is 19.1. The molecule has 0 aliphatic carbocycles. The van der Waals surface area contributed by atoms with E-state index < -0.39 is 0 Å². The number of amides is 1. The number of fused-ring (bicyclic) bond motifs is 1. The van der Waals surface area contributed by atoms with Crippen molar-refractivity contribution >= 4 is 22.5 Å². The molecule has 0 spiro atoms. The van der Waals surface area contributed by atoms with Gasteiger partial charge in [0.05, 0.1) is 32.0 Å². The minimum Gasteiger partial charge on any atom is -0.379 e. The first-order chi connectivity index (χ1) is 13.8. The number of nitrogens with one attached hydrogen (secondary N) is 1. The van der Waals surface area contributed by atoms with Crippen molar-refractivity contribution < 1.29 is 14.3 Å². The van der Waals surface area contributed by atoms with Crippen LogP contribution in [0.3, 0.4) is 0 Å². The number of anilines is 1. The van der Waals surface area contributed by atoms with Crippen LogP contribution >= 0.6 is 0 Å². The van der Waals surface area contributed by atoms with Crippen LogP contribution in [0.15, 0.2) is 30.5 Å². The Kier molecular flexibility index (Phi) is 6.36. The van der Waals surface area contributed by atoms with Gasteiger partial charge in [0, 0.05) is 44.3 Å². The molecule has 2 aliphatic heterocycles. The fourth-order valence-corrected chi connectivity index (χ4v) is 3.81. The molecular formula is C21H28N4O3. The molecule has 2 aliphatic rings. The predicted molar refractivity (Wildman–Crippen MR) is 109 cm³/mol. The van der Waals surface area contributed by atoms with Crippen molar-refractivity contribution in [2.24, 2.45) is 0 Å². The highest BCUT2D eigenvalue weighted by Crippen LogP contribution is 2.27. The topological polar surface area (TPSA) is 66.9 Å². The maximum atomic E-state index is 12.8. The van der Waals surface area contributed by atoms with Crippen molar-refractivity contribution in [2.75, 3.05) is 70.6 Å². The van der Waals surface area contributed by atoms with Gasteiger partial charge in [-0.1, -0.05) is 24.3 Å². The molecule has 0 atom stereocenters. The fourth-order valence-electron chi connectivity index (χ4n) is 3.81. The number of pyridine rings is 1. The summed E-state index contributed by atoms with van der Waals surface area (Å²) in [5.74, 6) is 0.877. The minimum absolute atomic E-state index is 0.0563. The normalized spacial score (nSPS) is 18.4. The Morgan fingerprint density at radius 1 is 1.00 bits per heavy atom. The van der Waals surface area contributed by atoms with Crippen LogP contribution in [0.2, 0.25) is 0 Å². The van der Waals surface area contributed by atoms with Crippen LogP contribution in [0.5, 0.6) is 0 Å². The van der Waals surface area contributed by atoms with Gasteiger partial charge in [0.15, 0.2) is 0 Å².